The number of amides is 1. The summed E-state index contributed by atoms with van der Waals surface area (Å²) in [6.45, 7) is 5.24. The molecule has 0 radical (unpaired) electrons. The van der Waals surface area contributed by atoms with E-state index in [0.29, 0.717) is 31.7 Å². The second kappa shape index (κ2) is 6.03. The van der Waals surface area contributed by atoms with E-state index in [2.05, 4.69) is 15.1 Å². The van der Waals surface area contributed by atoms with Crippen LogP contribution in [0.1, 0.15) is 42.6 Å². The third-order valence-corrected chi connectivity index (χ3v) is 6.18. The Morgan fingerprint density at radius 1 is 1.31 bits per heavy atom. The van der Waals surface area contributed by atoms with Crippen molar-refractivity contribution in [1.29, 1.82) is 0 Å². The van der Waals surface area contributed by atoms with Crippen LogP contribution in [0.15, 0.2) is 6.33 Å². The first-order chi connectivity index (χ1) is 12.4. The zero-order valence-corrected chi connectivity index (χ0v) is 15.1. The Morgan fingerprint density at radius 2 is 2.04 bits per heavy atom. The number of aliphatic carboxylic acids is 1. The van der Waals surface area contributed by atoms with Gasteiger partial charge in [0, 0.05) is 30.9 Å². The van der Waals surface area contributed by atoms with Gasteiger partial charge in [0.15, 0.2) is 0 Å². The number of hydrogen-bond donors (Lipinski definition) is 1. The zero-order valence-electron chi connectivity index (χ0n) is 15.1. The van der Waals surface area contributed by atoms with Crippen molar-refractivity contribution in [3.8, 4) is 0 Å². The highest BCUT2D eigenvalue weighted by atomic mass is 16.4. The lowest BCUT2D eigenvalue weighted by atomic mass is 9.90. The predicted octanol–water partition coefficient (Wildman–Crippen LogP) is 1.39. The fraction of sp³-hybridized carbons (Fsp3) is 0.611. The van der Waals surface area contributed by atoms with Crippen molar-refractivity contribution in [1.82, 2.24) is 24.5 Å². The first-order valence-electron chi connectivity index (χ1n) is 9.08. The third kappa shape index (κ3) is 2.73. The number of aryl methyl sites for hydroxylation is 2. The van der Waals surface area contributed by atoms with Crippen LogP contribution in [0.4, 0.5) is 0 Å². The molecule has 2 aromatic rings. The molecule has 1 aliphatic heterocycles. The van der Waals surface area contributed by atoms with Gasteiger partial charge >= 0.3 is 5.97 Å². The zero-order chi connectivity index (χ0) is 18.5. The van der Waals surface area contributed by atoms with E-state index in [0.717, 1.165) is 36.2 Å². The van der Waals surface area contributed by atoms with Crippen LogP contribution in [0.25, 0.3) is 5.78 Å². The van der Waals surface area contributed by atoms with Crippen LogP contribution in [-0.2, 0) is 16.0 Å². The molecule has 8 nitrogen and oxygen atoms in total. The highest BCUT2D eigenvalue weighted by Gasteiger charge is 2.59. The van der Waals surface area contributed by atoms with E-state index in [9.17, 15) is 9.59 Å². The van der Waals surface area contributed by atoms with Crippen molar-refractivity contribution in [2.75, 3.05) is 13.1 Å². The van der Waals surface area contributed by atoms with Crippen LogP contribution < -0.4 is 0 Å². The number of carbonyl (C=O) groups is 2. The minimum atomic E-state index is -0.688. The maximum atomic E-state index is 12.6. The second-order valence-electron chi connectivity index (χ2n) is 7.57. The van der Waals surface area contributed by atoms with Gasteiger partial charge < -0.3 is 10.0 Å². The summed E-state index contributed by atoms with van der Waals surface area (Å²) in [6, 6.07) is 0. The maximum absolute atomic E-state index is 12.6. The number of fused-ring (bicyclic) bond motifs is 1. The number of carboxylic acids is 1. The predicted molar refractivity (Wildman–Crippen MR) is 92.6 cm³/mol. The van der Waals surface area contributed by atoms with Crippen LogP contribution in [-0.4, -0.2) is 54.6 Å². The summed E-state index contributed by atoms with van der Waals surface area (Å²) in [6.07, 6.45) is 4.92. The summed E-state index contributed by atoms with van der Waals surface area (Å²) in [5.74, 6) is -0.184. The van der Waals surface area contributed by atoms with Gasteiger partial charge in [-0.15, -0.1) is 0 Å². The van der Waals surface area contributed by atoms with Crippen LogP contribution in [0.5, 0.6) is 0 Å². The van der Waals surface area contributed by atoms with Crippen LogP contribution >= 0.6 is 0 Å². The molecular weight excluding hydrogens is 334 g/mol. The molecule has 26 heavy (non-hydrogen) atoms. The van der Waals surface area contributed by atoms with Crippen LogP contribution in [0.3, 0.4) is 0 Å². The minimum Gasteiger partial charge on any atom is -0.481 e. The van der Waals surface area contributed by atoms with E-state index in [1.54, 1.807) is 4.52 Å². The molecule has 1 spiro atoms. The standard InChI is InChI=1S/C18H23N5O3/c1-11-13(12(2)23-17(21-11)19-10-20-23)3-4-15(24)22-7-5-18(6-8-22)9-14(18)16(25)26/h10,14H,3-9H2,1-2H3,(H,25,26). The number of aromatic nitrogens is 4. The van der Waals surface area contributed by atoms with E-state index in [1.165, 1.54) is 6.33 Å². The van der Waals surface area contributed by atoms with Crippen LogP contribution in [0.2, 0.25) is 0 Å². The lowest BCUT2D eigenvalue weighted by Gasteiger charge is -2.32. The van der Waals surface area contributed by atoms with Crippen LogP contribution in [0, 0.1) is 25.2 Å². The van der Waals surface area contributed by atoms with E-state index >= 15 is 0 Å². The summed E-state index contributed by atoms with van der Waals surface area (Å²) >= 11 is 0. The molecule has 2 aromatic heterocycles. The summed E-state index contributed by atoms with van der Waals surface area (Å²) in [5, 5.41) is 13.4. The van der Waals surface area contributed by atoms with Gasteiger partial charge in [-0.3, -0.25) is 9.59 Å². The van der Waals surface area contributed by atoms with Crippen molar-refractivity contribution in [3.05, 3.63) is 23.3 Å². The van der Waals surface area contributed by atoms with Gasteiger partial charge in [0.1, 0.15) is 6.33 Å². The molecule has 1 atom stereocenters. The SMILES string of the molecule is Cc1nc2ncnn2c(C)c1CCC(=O)N1CCC2(CC1)CC2C(=O)O. The van der Waals surface area contributed by atoms with Gasteiger partial charge in [0.25, 0.3) is 5.78 Å². The van der Waals surface area contributed by atoms with Crippen molar-refractivity contribution in [2.24, 2.45) is 11.3 Å². The lowest BCUT2D eigenvalue weighted by molar-refractivity contribution is -0.139. The maximum Gasteiger partial charge on any atom is 0.307 e. The molecule has 1 N–H and O–H groups in total. The number of likely N-dealkylation sites (tertiary alicyclic amines) is 1. The van der Waals surface area contributed by atoms with Gasteiger partial charge in [0.2, 0.25) is 5.91 Å². The Hall–Kier alpha value is -2.51. The van der Waals surface area contributed by atoms with Gasteiger partial charge in [0.05, 0.1) is 5.92 Å². The molecule has 1 amide bonds. The quantitative estimate of drug-likeness (QED) is 0.887. The molecule has 1 unspecified atom stereocenters. The average Bonchev–Trinajstić information content (AvgIpc) is 3.10. The molecular formula is C18H23N5O3. The molecule has 1 saturated carbocycles. The molecule has 1 saturated heterocycles. The van der Waals surface area contributed by atoms with Gasteiger partial charge in [-0.05, 0) is 50.5 Å². The normalized spacial score (nSPS) is 21.3. The number of carboxylic acid groups (broad SMARTS) is 1. The molecule has 0 aromatic carbocycles. The number of carbonyl (C=O) groups excluding carboxylic acids is 1. The Balaban J connectivity index is 1.37. The number of hydrogen-bond acceptors (Lipinski definition) is 5. The molecule has 138 valence electrons. The summed E-state index contributed by atoms with van der Waals surface area (Å²) in [5.41, 5.74) is 2.85. The van der Waals surface area contributed by atoms with Gasteiger partial charge in [-0.25, -0.2) is 9.50 Å². The molecule has 2 fully saturated rings. The summed E-state index contributed by atoms with van der Waals surface area (Å²) in [7, 11) is 0. The number of piperidine rings is 1. The lowest BCUT2D eigenvalue weighted by Crippen LogP contribution is -2.40. The first-order valence-corrected chi connectivity index (χ1v) is 9.08. The van der Waals surface area contributed by atoms with Crippen molar-refractivity contribution in [3.63, 3.8) is 0 Å². The van der Waals surface area contributed by atoms with E-state index in [1.807, 2.05) is 18.7 Å². The van der Waals surface area contributed by atoms with Crippen molar-refractivity contribution in [2.45, 2.75) is 46.0 Å². The van der Waals surface area contributed by atoms with E-state index in [-0.39, 0.29) is 17.2 Å². The Morgan fingerprint density at radius 3 is 2.69 bits per heavy atom. The molecule has 4 rings (SSSR count). The largest absolute Gasteiger partial charge is 0.481 e. The molecule has 8 heteroatoms. The highest BCUT2D eigenvalue weighted by Crippen LogP contribution is 2.59. The molecule has 0 bridgehead atoms. The number of nitrogens with zero attached hydrogens (tertiary/aromatic N) is 5. The highest BCUT2D eigenvalue weighted by molar-refractivity contribution is 5.77. The van der Waals surface area contributed by atoms with Crippen molar-refractivity contribution < 1.29 is 14.7 Å². The van der Waals surface area contributed by atoms with E-state index < -0.39 is 5.97 Å². The third-order valence-electron chi connectivity index (χ3n) is 6.18. The topological polar surface area (TPSA) is 101 Å². The fourth-order valence-electron chi connectivity index (χ4n) is 4.36. The summed E-state index contributed by atoms with van der Waals surface area (Å²) in [4.78, 5) is 34.2. The smallest absolute Gasteiger partial charge is 0.307 e. The minimum absolute atomic E-state index is 0.0438. The monoisotopic (exact) mass is 357 g/mol. The van der Waals surface area contributed by atoms with Gasteiger partial charge in [-0.2, -0.15) is 10.1 Å². The Bertz CT molecular complexity index is 882. The summed E-state index contributed by atoms with van der Waals surface area (Å²) < 4.78 is 1.70. The Kier molecular flexibility index (Phi) is 3.93. The first kappa shape index (κ1) is 16.9. The van der Waals surface area contributed by atoms with Gasteiger partial charge in [-0.1, -0.05) is 0 Å². The van der Waals surface area contributed by atoms with E-state index in [4.69, 9.17) is 5.11 Å². The number of rotatable bonds is 4. The second-order valence-corrected chi connectivity index (χ2v) is 7.57. The molecule has 3 heterocycles. The average molecular weight is 357 g/mol. The fourth-order valence-corrected chi connectivity index (χ4v) is 4.36. The molecule has 2 aliphatic rings. The van der Waals surface area contributed by atoms with Crippen molar-refractivity contribution >= 4 is 17.7 Å². The molecule has 1 aliphatic carbocycles. The Labute approximate surface area is 151 Å².